The van der Waals surface area contributed by atoms with E-state index in [0.717, 1.165) is 30.4 Å². The summed E-state index contributed by atoms with van der Waals surface area (Å²) in [6, 6.07) is 9.98. The van der Waals surface area contributed by atoms with Gasteiger partial charge < -0.3 is 5.32 Å². The third-order valence-corrected chi connectivity index (χ3v) is 5.23. The smallest absolute Gasteiger partial charge is 0.270 e. The molecule has 3 N–H and O–H groups in total. The minimum Gasteiger partial charge on any atom is -0.357 e. The van der Waals surface area contributed by atoms with E-state index in [2.05, 4.69) is 16.2 Å². The van der Waals surface area contributed by atoms with Gasteiger partial charge >= 0.3 is 0 Å². The van der Waals surface area contributed by atoms with Crippen LogP contribution in [0, 0.1) is 0 Å². The fraction of sp³-hybridized carbons (Fsp3) is 0.294. The third-order valence-electron chi connectivity index (χ3n) is 3.89. The monoisotopic (exact) mass is 345 g/mol. The van der Waals surface area contributed by atoms with Gasteiger partial charge in [-0.15, -0.1) is 11.3 Å². The van der Waals surface area contributed by atoms with E-state index in [1.54, 1.807) is 11.3 Å². The molecule has 23 heavy (non-hydrogen) atoms. The van der Waals surface area contributed by atoms with Crippen LogP contribution in [0.3, 0.4) is 0 Å². The normalized spacial score (nSPS) is 13.0. The molecule has 1 aromatic heterocycles. The first-order chi connectivity index (χ1) is 11.2. The maximum Gasteiger partial charge on any atom is 0.270 e. The molecule has 6 heteroatoms. The van der Waals surface area contributed by atoms with Gasteiger partial charge in [-0.1, -0.05) is 30.3 Å². The molecule has 0 atom stereocenters. The Morgan fingerprint density at radius 3 is 2.74 bits per heavy atom. The Labute approximate surface area is 145 Å². The van der Waals surface area contributed by atoms with Crippen molar-refractivity contribution < 1.29 is 4.79 Å². The van der Waals surface area contributed by atoms with E-state index in [4.69, 9.17) is 12.2 Å². The number of hydrogen-bond donors (Lipinski definition) is 3. The van der Waals surface area contributed by atoms with Crippen molar-refractivity contribution in [2.24, 2.45) is 0 Å². The summed E-state index contributed by atoms with van der Waals surface area (Å²) >= 11 is 6.87. The molecule has 1 amide bonds. The van der Waals surface area contributed by atoms with Gasteiger partial charge in [-0.3, -0.25) is 15.6 Å². The number of carbonyl (C=O) groups excluding carboxylic acids is 1. The third kappa shape index (κ3) is 4.09. The lowest BCUT2D eigenvalue weighted by molar-refractivity contribution is 0.0943. The number of rotatable bonds is 3. The SMILES string of the molecule is O=C(NNC(=S)NCc1ccccc1)c1csc2c1CCCC2. The average molecular weight is 345 g/mol. The van der Waals surface area contributed by atoms with Crippen molar-refractivity contribution in [2.75, 3.05) is 0 Å². The Bertz CT molecular complexity index is 697. The molecule has 0 unspecified atom stereocenters. The van der Waals surface area contributed by atoms with Crippen LogP contribution in [0.2, 0.25) is 0 Å². The van der Waals surface area contributed by atoms with Crippen LogP contribution in [0.5, 0.6) is 0 Å². The molecule has 0 saturated carbocycles. The summed E-state index contributed by atoms with van der Waals surface area (Å²) in [6.45, 7) is 0.621. The Morgan fingerprint density at radius 1 is 1.13 bits per heavy atom. The number of thiophene rings is 1. The molecule has 0 bridgehead atoms. The second-order valence-corrected chi connectivity index (χ2v) is 6.88. The minimum atomic E-state index is -0.117. The maximum absolute atomic E-state index is 12.3. The van der Waals surface area contributed by atoms with Crippen LogP contribution in [0.1, 0.15) is 39.2 Å². The van der Waals surface area contributed by atoms with Crippen molar-refractivity contribution in [3.63, 3.8) is 0 Å². The van der Waals surface area contributed by atoms with E-state index in [9.17, 15) is 4.79 Å². The summed E-state index contributed by atoms with van der Waals surface area (Å²) in [4.78, 5) is 13.7. The fourth-order valence-corrected chi connectivity index (χ4v) is 3.94. The van der Waals surface area contributed by atoms with E-state index in [0.29, 0.717) is 11.7 Å². The summed E-state index contributed by atoms with van der Waals surface area (Å²) in [6.07, 6.45) is 4.48. The maximum atomic E-state index is 12.3. The van der Waals surface area contributed by atoms with E-state index < -0.39 is 0 Å². The summed E-state index contributed by atoms with van der Waals surface area (Å²) in [5.41, 5.74) is 8.58. The predicted molar refractivity (Wildman–Crippen MR) is 97.4 cm³/mol. The summed E-state index contributed by atoms with van der Waals surface area (Å²) in [7, 11) is 0. The number of benzene rings is 1. The second kappa shape index (κ2) is 7.57. The molecule has 0 radical (unpaired) electrons. The lowest BCUT2D eigenvalue weighted by Gasteiger charge is -2.14. The predicted octanol–water partition coefficient (Wildman–Crippen LogP) is 2.94. The molecule has 4 nitrogen and oxygen atoms in total. The molecule has 2 aromatic rings. The number of thiocarbonyl (C=S) groups is 1. The molecule has 3 rings (SSSR count). The van der Waals surface area contributed by atoms with Gasteiger partial charge in [0.25, 0.3) is 5.91 Å². The Balaban J connectivity index is 1.49. The van der Waals surface area contributed by atoms with Crippen molar-refractivity contribution >= 4 is 34.6 Å². The molecule has 0 saturated heterocycles. The minimum absolute atomic E-state index is 0.117. The first-order valence-corrected chi connectivity index (χ1v) is 9.00. The molecule has 1 aliphatic rings. The van der Waals surface area contributed by atoms with Crippen LogP contribution < -0.4 is 16.2 Å². The van der Waals surface area contributed by atoms with Crippen LogP contribution in [0.25, 0.3) is 0 Å². The Kier molecular flexibility index (Phi) is 5.25. The highest BCUT2D eigenvalue weighted by atomic mass is 32.1. The molecule has 1 aliphatic carbocycles. The number of amides is 1. The van der Waals surface area contributed by atoms with Crippen molar-refractivity contribution in [1.82, 2.24) is 16.2 Å². The van der Waals surface area contributed by atoms with E-state index in [-0.39, 0.29) is 5.91 Å². The zero-order valence-electron chi connectivity index (χ0n) is 12.7. The van der Waals surface area contributed by atoms with Gasteiger partial charge in [0.05, 0.1) is 5.56 Å². The number of fused-ring (bicyclic) bond motifs is 1. The highest BCUT2D eigenvalue weighted by molar-refractivity contribution is 7.80. The van der Waals surface area contributed by atoms with Crippen molar-refractivity contribution in [2.45, 2.75) is 32.2 Å². The largest absolute Gasteiger partial charge is 0.357 e. The van der Waals surface area contributed by atoms with Gasteiger partial charge in [-0.2, -0.15) is 0 Å². The lowest BCUT2D eigenvalue weighted by Crippen LogP contribution is -2.46. The quantitative estimate of drug-likeness (QED) is 0.591. The summed E-state index contributed by atoms with van der Waals surface area (Å²) in [5.74, 6) is -0.117. The van der Waals surface area contributed by atoms with Crippen LogP contribution in [0.4, 0.5) is 0 Å². The van der Waals surface area contributed by atoms with Crippen LogP contribution in [0.15, 0.2) is 35.7 Å². The fourth-order valence-electron chi connectivity index (χ4n) is 2.69. The molecule has 120 valence electrons. The zero-order chi connectivity index (χ0) is 16.1. The lowest BCUT2D eigenvalue weighted by atomic mass is 9.96. The zero-order valence-corrected chi connectivity index (χ0v) is 14.4. The topological polar surface area (TPSA) is 53.2 Å². The first-order valence-electron chi connectivity index (χ1n) is 7.71. The molecule has 0 fully saturated rings. The molecule has 0 aliphatic heterocycles. The van der Waals surface area contributed by atoms with Crippen molar-refractivity contribution in [3.05, 3.63) is 57.3 Å². The van der Waals surface area contributed by atoms with Gasteiger partial charge in [-0.05, 0) is 49.0 Å². The number of carbonyl (C=O) groups is 1. The van der Waals surface area contributed by atoms with Crippen molar-refractivity contribution in [1.29, 1.82) is 0 Å². The van der Waals surface area contributed by atoms with Crippen LogP contribution in [-0.2, 0) is 19.4 Å². The highest BCUT2D eigenvalue weighted by Gasteiger charge is 2.19. The van der Waals surface area contributed by atoms with Crippen LogP contribution in [-0.4, -0.2) is 11.0 Å². The van der Waals surface area contributed by atoms with Gasteiger partial charge in [0.1, 0.15) is 0 Å². The highest BCUT2D eigenvalue weighted by Crippen LogP contribution is 2.29. The number of aryl methyl sites for hydroxylation is 1. The van der Waals surface area contributed by atoms with Crippen molar-refractivity contribution in [3.8, 4) is 0 Å². The van der Waals surface area contributed by atoms with E-state index >= 15 is 0 Å². The molecular weight excluding hydrogens is 326 g/mol. The number of nitrogens with one attached hydrogen (secondary N) is 3. The first kappa shape index (κ1) is 16.0. The molecular formula is C17H19N3OS2. The summed E-state index contributed by atoms with van der Waals surface area (Å²) in [5, 5.41) is 5.43. The molecule has 1 heterocycles. The van der Waals surface area contributed by atoms with E-state index in [1.165, 1.54) is 16.9 Å². The number of hydrogen-bond acceptors (Lipinski definition) is 3. The Morgan fingerprint density at radius 2 is 1.91 bits per heavy atom. The van der Waals surface area contributed by atoms with Crippen LogP contribution >= 0.6 is 23.6 Å². The van der Waals surface area contributed by atoms with Gasteiger partial charge in [0.2, 0.25) is 0 Å². The van der Waals surface area contributed by atoms with Gasteiger partial charge in [-0.25, -0.2) is 0 Å². The van der Waals surface area contributed by atoms with Gasteiger partial charge in [0, 0.05) is 16.8 Å². The summed E-state index contributed by atoms with van der Waals surface area (Å²) < 4.78 is 0. The average Bonchev–Trinajstić information content (AvgIpc) is 3.03. The standard InChI is InChI=1S/C17H19N3OS2/c21-16(14-11-23-15-9-5-4-8-13(14)15)19-20-17(22)18-10-12-6-2-1-3-7-12/h1-3,6-7,11H,4-5,8-10H2,(H,19,21)(H2,18,20,22). The van der Waals surface area contributed by atoms with E-state index in [1.807, 2.05) is 35.7 Å². The second-order valence-electron chi connectivity index (χ2n) is 5.51. The molecule has 1 aromatic carbocycles. The molecule has 0 spiro atoms. The number of hydrazine groups is 1. The van der Waals surface area contributed by atoms with Gasteiger partial charge in [0.15, 0.2) is 5.11 Å². The Hall–Kier alpha value is -1.92.